The number of hydrogen-bond donors (Lipinski definition) is 1. The Kier molecular flexibility index (Phi) is 6.88. The molecule has 0 aliphatic rings. The minimum Gasteiger partial charge on any atom is -0.326 e. The normalized spacial score (nSPS) is 11.1. The third-order valence-corrected chi connectivity index (χ3v) is 7.66. The lowest BCUT2D eigenvalue weighted by molar-refractivity contribution is -0.115. The molecule has 0 spiro atoms. The minimum absolute atomic E-state index is 0.0641. The van der Waals surface area contributed by atoms with Crippen molar-refractivity contribution in [1.29, 1.82) is 0 Å². The number of anilines is 1. The van der Waals surface area contributed by atoms with Crippen molar-refractivity contribution < 1.29 is 9.59 Å². The van der Waals surface area contributed by atoms with Crippen LogP contribution in [0.5, 0.6) is 0 Å². The molecule has 0 bridgehead atoms. The molecule has 3 heterocycles. The second-order valence-electron chi connectivity index (χ2n) is 6.94. The molecule has 1 N–H and O–H groups in total. The number of nitrogens with one attached hydrogen (secondary N) is 1. The number of benzene rings is 1. The summed E-state index contributed by atoms with van der Waals surface area (Å²) in [5.41, 5.74) is 2.05. The van der Waals surface area contributed by atoms with E-state index >= 15 is 0 Å². The van der Waals surface area contributed by atoms with E-state index in [1.807, 2.05) is 29.8 Å². The van der Waals surface area contributed by atoms with Crippen molar-refractivity contribution in [3.05, 3.63) is 63.1 Å². The molecule has 0 fully saturated rings. The van der Waals surface area contributed by atoms with E-state index in [4.69, 9.17) is 4.98 Å². The first-order valence-electron chi connectivity index (χ1n) is 10.1. The van der Waals surface area contributed by atoms with Crippen LogP contribution in [0.15, 0.2) is 57.1 Å². The molecule has 0 atom stereocenters. The van der Waals surface area contributed by atoms with Crippen molar-refractivity contribution in [3.8, 4) is 10.4 Å². The summed E-state index contributed by atoms with van der Waals surface area (Å²) in [7, 11) is 0. The molecule has 0 aliphatic carbocycles. The van der Waals surface area contributed by atoms with Crippen molar-refractivity contribution in [2.24, 2.45) is 0 Å². The minimum atomic E-state index is -0.0758. The van der Waals surface area contributed by atoms with E-state index in [9.17, 15) is 14.4 Å². The van der Waals surface area contributed by atoms with Gasteiger partial charge in [-0.3, -0.25) is 19.0 Å². The maximum atomic E-state index is 13.2. The van der Waals surface area contributed by atoms with Crippen LogP contribution in [-0.2, 0) is 11.3 Å². The number of aromatic nitrogens is 2. The molecule has 6 nitrogen and oxygen atoms in total. The van der Waals surface area contributed by atoms with Gasteiger partial charge in [0.25, 0.3) is 5.56 Å². The Bertz CT molecular complexity index is 1320. The van der Waals surface area contributed by atoms with Gasteiger partial charge in [0.05, 0.1) is 11.1 Å². The number of thioether (sulfide) groups is 1. The fourth-order valence-corrected chi connectivity index (χ4v) is 5.97. The van der Waals surface area contributed by atoms with Crippen molar-refractivity contribution in [2.75, 3.05) is 11.1 Å². The number of nitrogens with zero attached hydrogens (tertiary/aromatic N) is 2. The largest absolute Gasteiger partial charge is 0.326 e. The number of ketones is 1. The molecule has 0 saturated carbocycles. The standard InChI is InChI=1S/C23H21N3O3S3/c1-3-19(28)24-15-9-7-14(8-10-15)17(27)13-32-23-25-21-20(22(29)26(23)4-2)16(12-31-21)18-6-5-11-30-18/h5-12H,3-4,13H2,1-2H3,(H,24,28). The fraction of sp³-hybridized carbons (Fsp3) is 0.217. The molecule has 1 aromatic carbocycles. The van der Waals surface area contributed by atoms with Gasteiger partial charge in [-0.05, 0) is 42.6 Å². The highest BCUT2D eigenvalue weighted by atomic mass is 32.2. The summed E-state index contributed by atoms with van der Waals surface area (Å²) in [5, 5.41) is 7.92. The number of hydrogen-bond acceptors (Lipinski definition) is 7. The van der Waals surface area contributed by atoms with E-state index in [-0.39, 0.29) is 23.0 Å². The molecule has 4 aromatic rings. The maximum absolute atomic E-state index is 13.2. The molecule has 0 unspecified atom stereocenters. The predicted octanol–water partition coefficient (Wildman–Crippen LogP) is 5.53. The summed E-state index contributed by atoms with van der Waals surface area (Å²) in [6.45, 7) is 4.16. The number of rotatable bonds is 8. The number of fused-ring (bicyclic) bond motifs is 1. The molecule has 0 saturated heterocycles. The molecule has 0 radical (unpaired) electrons. The van der Waals surface area contributed by atoms with Crippen LogP contribution in [0.25, 0.3) is 20.7 Å². The van der Waals surface area contributed by atoms with Crippen molar-refractivity contribution in [1.82, 2.24) is 9.55 Å². The number of carbonyl (C=O) groups excluding carboxylic acids is 2. The first-order valence-corrected chi connectivity index (χ1v) is 12.9. The van der Waals surface area contributed by atoms with E-state index in [1.165, 1.54) is 23.1 Å². The Balaban J connectivity index is 1.55. The van der Waals surface area contributed by atoms with Crippen molar-refractivity contribution in [3.63, 3.8) is 0 Å². The van der Waals surface area contributed by atoms with Gasteiger partial charge in [0, 0.05) is 40.0 Å². The summed E-state index contributed by atoms with van der Waals surface area (Å²) >= 11 is 4.32. The zero-order valence-electron chi connectivity index (χ0n) is 17.6. The molecule has 32 heavy (non-hydrogen) atoms. The summed E-state index contributed by atoms with van der Waals surface area (Å²) in [6, 6.07) is 10.8. The van der Waals surface area contributed by atoms with Gasteiger partial charge >= 0.3 is 0 Å². The molecular formula is C23H21N3O3S3. The van der Waals surface area contributed by atoms with Crippen LogP contribution < -0.4 is 10.9 Å². The van der Waals surface area contributed by atoms with Gasteiger partial charge < -0.3 is 5.32 Å². The molecular weight excluding hydrogens is 462 g/mol. The highest BCUT2D eigenvalue weighted by molar-refractivity contribution is 7.99. The second kappa shape index (κ2) is 9.81. The Hall–Kier alpha value is -2.75. The van der Waals surface area contributed by atoms with Crippen LogP contribution in [0.4, 0.5) is 5.69 Å². The molecule has 164 valence electrons. The molecule has 1 amide bonds. The Morgan fingerprint density at radius 2 is 1.91 bits per heavy atom. The van der Waals surface area contributed by atoms with Crippen LogP contribution >= 0.6 is 34.4 Å². The van der Waals surface area contributed by atoms with Gasteiger partial charge in [-0.2, -0.15) is 0 Å². The zero-order valence-corrected chi connectivity index (χ0v) is 20.0. The zero-order chi connectivity index (χ0) is 22.7. The van der Waals surface area contributed by atoms with Crippen LogP contribution in [0, 0.1) is 0 Å². The van der Waals surface area contributed by atoms with Crippen LogP contribution in [-0.4, -0.2) is 27.0 Å². The highest BCUT2D eigenvalue weighted by Gasteiger charge is 2.18. The summed E-state index contributed by atoms with van der Waals surface area (Å²) < 4.78 is 1.63. The third kappa shape index (κ3) is 4.55. The van der Waals surface area contributed by atoms with E-state index in [0.29, 0.717) is 39.6 Å². The second-order valence-corrected chi connectivity index (χ2v) is 9.69. The summed E-state index contributed by atoms with van der Waals surface area (Å²) in [6.07, 6.45) is 0.396. The van der Waals surface area contributed by atoms with Gasteiger partial charge in [-0.1, -0.05) is 24.8 Å². The molecule has 4 rings (SSSR count). The monoisotopic (exact) mass is 483 g/mol. The number of amides is 1. The SMILES string of the molecule is CCC(=O)Nc1ccc(C(=O)CSc2nc3scc(-c4cccs4)c3c(=O)n2CC)cc1. The topological polar surface area (TPSA) is 81.1 Å². The third-order valence-electron chi connectivity index (χ3n) is 4.91. The maximum Gasteiger partial charge on any atom is 0.263 e. The lowest BCUT2D eigenvalue weighted by Gasteiger charge is -2.10. The van der Waals surface area contributed by atoms with Crippen LogP contribution in [0.3, 0.4) is 0 Å². The number of carbonyl (C=O) groups is 2. The van der Waals surface area contributed by atoms with E-state index < -0.39 is 0 Å². The smallest absolute Gasteiger partial charge is 0.263 e. The van der Waals surface area contributed by atoms with E-state index in [1.54, 1.807) is 47.1 Å². The average molecular weight is 484 g/mol. The number of thiophene rings is 2. The Labute approximate surface area is 197 Å². The predicted molar refractivity (Wildman–Crippen MR) is 133 cm³/mol. The lowest BCUT2D eigenvalue weighted by Crippen LogP contribution is -2.22. The molecule has 0 aliphatic heterocycles. The average Bonchev–Trinajstić information content (AvgIpc) is 3.48. The van der Waals surface area contributed by atoms with E-state index in [0.717, 1.165) is 10.4 Å². The Morgan fingerprint density at radius 3 is 2.56 bits per heavy atom. The van der Waals surface area contributed by atoms with E-state index in [2.05, 4.69) is 5.32 Å². The highest BCUT2D eigenvalue weighted by Crippen LogP contribution is 2.34. The Morgan fingerprint density at radius 1 is 1.12 bits per heavy atom. The molecule has 9 heteroatoms. The first kappa shape index (κ1) is 22.4. The van der Waals surface area contributed by atoms with Gasteiger partial charge in [0.1, 0.15) is 4.83 Å². The van der Waals surface area contributed by atoms with Crippen LogP contribution in [0.2, 0.25) is 0 Å². The first-order chi connectivity index (χ1) is 15.5. The molecule has 3 aromatic heterocycles. The fourth-order valence-electron chi connectivity index (χ4n) is 3.21. The van der Waals surface area contributed by atoms with Crippen LogP contribution in [0.1, 0.15) is 30.6 Å². The lowest BCUT2D eigenvalue weighted by atomic mass is 10.1. The van der Waals surface area contributed by atoms with Crippen molar-refractivity contribution >= 4 is 62.0 Å². The number of Topliss-reactive ketones (excluding diaryl/α,β-unsaturated/α-hetero) is 1. The van der Waals surface area contributed by atoms with Gasteiger partial charge in [0.2, 0.25) is 5.91 Å². The van der Waals surface area contributed by atoms with Crippen molar-refractivity contribution in [2.45, 2.75) is 32.0 Å². The van der Waals surface area contributed by atoms with Gasteiger partial charge in [0.15, 0.2) is 10.9 Å². The van der Waals surface area contributed by atoms with Gasteiger partial charge in [-0.25, -0.2) is 4.98 Å². The quantitative estimate of drug-likeness (QED) is 0.202. The summed E-state index contributed by atoms with van der Waals surface area (Å²) in [5.74, 6) is 0.0298. The summed E-state index contributed by atoms with van der Waals surface area (Å²) in [4.78, 5) is 43.9. The van der Waals surface area contributed by atoms with Gasteiger partial charge in [-0.15, -0.1) is 22.7 Å².